The van der Waals surface area contributed by atoms with E-state index in [4.69, 9.17) is 4.74 Å². The lowest BCUT2D eigenvalue weighted by Gasteiger charge is -2.19. The van der Waals surface area contributed by atoms with Crippen LogP contribution in [0.5, 0.6) is 0 Å². The molecule has 0 aliphatic rings. The van der Waals surface area contributed by atoms with Gasteiger partial charge in [-0.1, -0.05) is 42.5 Å². The van der Waals surface area contributed by atoms with Crippen LogP contribution in [-0.2, 0) is 14.3 Å². The molecule has 0 radical (unpaired) electrons. The lowest BCUT2D eigenvalue weighted by Crippen LogP contribution is -2.36. The third-order valence-electron chi connectivity index (χ3n) is 3.77. The van der Waals surface area contributed by atoms with Gasteiger partial charge in [-0.05, 0) is 17.7 Å². The Kier molecular flexibility index (Phi) is 6.07. The lowest BCUT2D eigenvalue weighted by molar-refractivity contribution is -0.148. The van der Waals surface area contributed by atoms with Crippen LogP contribution in [0, 0.1) is 0 Å². The zero-order valence-corrected chi connectivity index (χ0v) is 14.0. The fraction of sp³-hybridized carbons (Fsp3) is 0.316. The van der Waals surface area contributed by atoms with Crippen molar-refractivity contribution in [3.8, 4) is 0 Å². The third-order valence-corrected chi connectivity index (χ3v) is 3.77. The zero-order chi connectivity index (χ0) is 17.5. The molecule has 2 aromatic rings. The molecule has 0 bridgehead atoms. The number of esters is 1. The van der Waals surface area contributed by atoms with Crippen LogP contribution in [0.1, 0.15) is 30.6 Å². The summed E-state index contributed by atoms with van der Waals surface area (Å²) in [6.45, 7) is 3.41. The average Bonchev–Trinajstić information content (AvgIpc) is 2.57. The van der Waals surface area contributed by atoms with Gasteiger partial charge in [0.15, 0.2) is 5.78 Å². The molecular formula is C19H21NO4. The van der Waals surface area contributed by atoms with Gasteiger partial charge in [-0.15, -0.1) is 0 Å². The van der Waals surface area contributed by atoms with Gasteiger partial charge in [0.2, 0.25) is 5.91 Å². The molecule has 5 heteroatoms. The molecule has 5 nitrogen and oxygen atoms in total. The lowest BCUT2D eigenvalue weighted by atomic mass is 10.00. The topological polar surface area (TPSA) is 63.7 Å². The maximum absolute atomic E-state index is 12.5. The molecule has 0 aliphatic carbocycles. The first-order valence-electron chi connectivity index (χ1n) is 7.95. The monoisotopic (exact) mass is 327 g/mol. The van der Waals surface area contributed by atoms with Crippen LogP contribution in [0.3, 0.4) is 0 Å². The molecule has 0 atom stereocenters. The highest BCUT2D eigenvalue weighted by Crippen LogP contribution is 2.19. The van der Waals surface area contributed by atoms with Crippen molar-refractivity contribution in [1.29, 1.82) is 0 Å². The van der Waals surface area contributed by atoms with E-state index < -0.39 is 5.97 Å². The zero-order valence-electron chi connectivity index (χ0n) is 14.0. The molecule has 0 spiro atoms. The van der Waals surface area contributed by atoms with Gasteiger partial charge < -0.3 is 9.64 Å². The Balaban J connectivity index is 2.07. The molecule has 0 aromatic heterocycles. The number of nitrogens with zero attached hydrogens (tertiary/aromatic N) is 1. The fourth-order valence-corrected chi connectivity index (χ4v) is 2.55. The van der Waals surface area contributed by atoms with Crippen LogP contribution in [0.15, 0.2) is 42.5 Å². The summed E-state index contributed by atoms with van der Waals surface area (Å²) in [6, 6.07) is 13.3. The van der Waals surface area contributed by atoms with Crippen molar-refractivity contribution in [3.05, 3.63) is 48.0 Å². The number of carbonyl (C=O) groups is 3. The Morgan fingerprint density at radius 1 is 1.04 bits per heavy atom. The normalized spacial score (nSPS) is 10.4. The molecule has 0 fully saturated rings. The van der Waals surface area contributed by atoms with E-state index in [1.54, 1.807) is 13.0 Å². The highest BCUT2D eigenvalue weighted by molar-refractivity contribution is 6.08. The maximum Gasteiger partial charge on any atom is 0.325 e. The highest BCUT2D eigenvalue weighted by Gasteiger charge is 2.17. The number of carbonyl (C=O) groups excluding carboxylic acids is 3. The van der Waals surface area contributed by atoms with E-state index in [9.17, 15) is 14.4 Å². The van der Waals surface area contributed by atoms with Gasteiger partial charge in [0.05, 0.1) is 6.61 Å². The quantitative estimate of drug-likeness (QED) is 0.579. The van der Waals surface area contributed by atoms with E-state index in [-0.39, 0.29) is 37.8 Å². The minimum absolute atomic E-state index is 0.0538. The summed E-state index contributed by atoms with van der Waals surface area (Å²) in [5.41, 5.74) is 0.632. The second-order valence-corrected chi connectivity index (χ2v) is 5.45. The van der Waals surface area contributed by atoms with E-state index in [1.807, 2.05) is 36.4 Å². The first-order valence-corrected chi connectivity index (χ1v) is 7.95. The van der Waals surface area contributed by atoms with Gasteiger partial charge in [0.1, 0.15) is 6.54 Å². The van der Waals surface area contributed by atoms with E-state index in [2.05, 4.69) is 0 Å². The van der Waals surface area contributed by atoms with Crippen molar-refractivity contribution in [2.75, 3.05) is 19.7 Å². The predicted molar refractivity (Wildman–Crippen MR) is 91.8 cm³/mol. The number of ether oxygens (including phenoxy) is 1. The smallest absolute Gasteiger partial charge is 0.325 e. The van der Waals surface area contributed by atoms with Crippen molar-refractivity contribution in [3.63, 3.8) is 0 Å². The molecule has 2 rings (SSSR count). The molecule has 0 aliphatic heterocycles. The number of fused-ring (bicyclic) bond motifs is 1. The third kappa shape index (κ3) is 4.41. The number of hydrogen-bond acceptors (Lipinski definition) is 4. The molecule has 0 heterocycles. The number of benzene rings is 2. The van der Waals surface area contributed by atoms with E-state index in [0.29, 0.717) is 5.56 Å². The van der Waals surface area contributed by atoms with Gasteiger partial charge in [0.25, 0.3) is 0 Å². The second kappa shape index (κ2) is 8.24. The van der Waals surface area contributed by atoms with Crippen molar-refractivity contribution >= 4 is 28.4 Å². The minimum atomic E-state index is -0.467. The van der Waals surface area contributed by atoms with Crippen molar-refractivity contribution in [2.24, 2.45) is 0 Å². The van der Waals surface area contributed by atoms with Crippen LogP contribution in [-0.4, -0.2) is 42.3 Å². The Bertz CT molecular complexity index is 749. The van der Waals surface area contributed by atoms with E-state index >= 15 is 0 Å². The largest absolute Gasteiger partial charge is 0.465 e. The molecule has 24 heavy (non-hydrogen) atoms. The number of hydrogen-bond donors (Lipinski definition) is 0. The Labute approximate surface area is 141 Å². The fourth-order valence-electron chi connectivity index (χ4n) is 2.55. The Morgan fingerprint density at radius 2 is 1.75 bits per heavy atom. The summed E-state index contributed by atoms with van der Waals surface area (Å²) in [5.74, 6) is -0.777. The molecular weight excluding hydrogens is 306 g/mol. The van der Waals surface area contributed by atoms with Gasteiger partial charge >= 0.3 is 5.97 Å². The van der Waals surface area contributed by atoms with Crippen LogP contribution in [0.4, 0.5) is 0 Å². The second-order valence-electron chi connectivity index (χ2n) is 5.45. The number of ketones is 1. The number of amides is 1. The van der Waals surface area contributed by atoms with Crippen LogP contribution in [0.2, 0.25) is 0 Å². The van der Waals surface area contributed by atoms with Gasteiger partial charge in [-0.25, -0.2) is 0 Å². The SMILES string of the molecule is CCOC(=O)CN(CCC(=O)c1cccc2ccccc12)C(C)=O. The molecule has 0 saturated heterocycles. The van der Waals surface area contributed by atoms with Gasteiger partial charge in [-0.2, -0.15) is 0 Å². The highest BCUT2D eigenvalue weighted by atomic mass is 16.5. The molecule has 0 N–H and O–H groups in total. The summed E-state index contributed by atoms with van der Waals surface area (Å²) < 4.78 is 4.85. The van der Waals surface area contributed by atoms with E-state index in [1.165, 1.54) is 11.8 Å². The number of rotatable bonds is 7. The summed E-state index contributed by atoms with van der Waals surface area (Å²) in [7, 11) is 0. The maximum atomic E-state index is 12.5. The summed E-state index contributed by atoms with van der Waals surface area (Å²) >= 11 is 0. The Morgan fingerprint density at radius 3 is 2.46 bits per heavy atom. The summed E-state index contributed by atoms with van der Waals surface area (Å²) in [4.78, 5) is 37.1. The molecule has 0 saturated carbocycles. The summed E-state index contributed by atoms with van der Waals surface area (Å²) in [6.07, 6.45) is 0.160. The van der Waals surface area contributed by atoms with Crippen molar-refractivity contribution in [2.45, 2.75) is 20.3 Å². The first kappa shape index (κ1) is 17.7. The first-order chi connectivity index (χ1) is 11.5. The average molecular weight is 327 g/mol. The van der Waals surface area contributed by atoms with Gasteiger partial charge in [-0.3, -0.25) is 14.4 Å². The predicted octanol–water partition coefficient (Wildman–Crippen LogP) is 2.82. The standard InChI is InChI=1S/C19H21NO4/c1-3-24-19(23)13-20(14(2)21)12-11-18(22)17-10-6-8-15-7-4-5-9-16(15)17/h4-10H,3,11-13H2,1-2H3. The molecule has 0 unspecified atom stereocenters. The summed E-state index contributed by atoms with van der Waals surface area (Å²) in [5, 5.41) is 1.89. The number of Topliss-reactive ketones (excluding diaryl/α,β-unsaturated/α-hetero) is 1. The molecule has 2 aromatic carbocycles. The van der Waals surface area contributed by atoms with Gasteiger partial charge in [0, 0.05) is 25.5 Å². The van der Waals surface area contributed by atoms with Crippen LogP contribution in [0.25, 0.3) is 10.8 Å². The molecule has 1 amide bonds. The van der Waals surface area contributed by atoms with Crippen molar-refractivity contribution < 1.29 is 19.1 Å². The van der Waals surface area contributed by atoms with Crippen molar-refractivity contribution in [1.82, 2.24) is 4.90 Å². The van der Waals surface area contributed by atoms with Crippen LogP contribution >= 0.6 is 0 Å². The van der Waals surface area contributed by atoms with Crippen LogP contribution < -0.4 is 0 Å². The Hall–Kier alpha value is -2.69. The molecule has 126 valence electrons. The van der Waals surface area contributed by atoms with E-state index in [0.717, 1.165) is 10.8 Å². The minimum Gasteiger partial charge on any atom is -0.465 e.